The molecule has 1 unspecified atom stereocenters. The molecule has 1 aliphatic rings. The van der Waals surface area contributed by atoms with Crippen LogP contribution in [0.5, 0.6) is 0 Å². The third-order valence-corrected chi connectivity index (χ3v) is 3.25. The Morgan fingerprint density at radius 1 is 1.18 bits per heavy atom. The second-order valence-corrected chi connectivity index (χ2v) is 4.34. The monoisotopic (exact) mass is 235 g/mol. The lowest BCUT2D eigenvalue weighted by molar-refractivity contribution is 0.0438. The maximum absolute atomic E-state index is 9.55. The van der Waals surface area contributed by atoms with E-state index in [4.69, 9.17) is 5.73 Å². The lowest BCUT2D eigenvalue weighted by atomic mass is 10.2. The summed E-state index contributed by atoms with van der Waals surface area (Å²) >= 11 is 0. The van der Waals surface area contributed by atoms with E-state index in [1.807, 2.05) is 4.57 Å². The number of anilines is 1. The summed E-state index contributed by atoms with van der Waals surface area (Å²) in [5, 5.41) is 19.1. The number of imidazole rings is 1. The molecule has 1 fully saturated rings. The molecule has 0 aliphatic heterocycles. The molecule has 4 N–H and O–H groups in total. The number of nitrogens with zero attached hydrogens (tertiary/aromatic N) is 4. The van der Waals surface area contributed by atoms with E-state index >= 15 is 0 Å². The molecule has 1 saturated carbocycles. The highest BCUT2D eigenvalue weighted by atomic mass is 16.3. The van der Waals surface area contributed by atoms with Crippen LogP contribution >= 0.6 is 0 Å². The number of hydrogen-bond acceptors (Lipinski definition) is 6. The van der Waals surface area contributed by atoms with Gasteiger partial charge in [-0.15, -0.1) is 0 Å². The van der Waals surface area contributed by atoms with Crippen molar-refractivity contribution in [3.63, 3.8) is 0 Å². The van der Waals surface area contributed by atoms with Crippen LogP contribution in [0.3, 0.4) is 0 Å². The maximum atomic E-state index is 9.55. The van der Waals surface area contributed by atoms with Gasteiger partial charge in [-0.2, -0.15) is 0 Å². The topological polar surface area (TPSA) is 110 Å². The average Bonchev–Trinajstić information content (AvgIpc) is 2.85. The van der Waals surface area contributed by atoms with Crippen LogP contribution < -0.4 is 5.73 Å². The van der Waals surface area contributed by atoms with Gasteiger partial charge in [-0.25, -0.2) is 15.0 Å². The van der Waals surface area contributed by atoms with Crippen LogP contribution in [0.2, 0.25) is 0 Å². The first-order valence-corrected chi connectivity index (χ1v) is 5.46. The van der Waals surface area contributed by atoms with Gasteiger partial charge >= 0.3 is 0 Å². The molecule has 90 valence electrons. The van der Waals surface area contributed by atoms with E-state index in [1.54, 1.807) is 6.33 Å². The smallest absolute Gasteiger partial charge is 0.165 e. The Bertz CT molecular complexity index is 545. The molecule has 3 atom stereocenters. The van der Waals surface area contributed by atoms with Crippen molar-refractivity contribution in [3.8, 4) is 0 Å². The van der Waals surface area contributed by atoms with E-state index in [0.717, 1.165) is 0 Å². The molecule has 0 spiro atoms. The Kier molecular flexibility index (Phi) is 2.23. The van der Waals surface area contributed by atoms with E-state index in [0.29, 0.717) is 29.8 Å². The van der Waals surface area contributed by atoms with Crippen molar-refractivity contribution in [3.05, 3.63) is 12.7 Å². The SMILES string of the molecule is Nc1ncnc2c1ncn2C1C[C@@H](O)[C@@H](O)C1. The minimum absolute atomic E-state index is 0.000648. The van der Waals surface area contributed by atoms with Gasteiger partial charge in [0.1, 0.15) is 11.8 Å². The van der Waals surface area contributed by atoms with Gasteiger partial charge in [0.2, 0.25) is 0 Å². The molecule has 7 heteroatoms. The summed E-state index contributed by atoms with van der Waals surface area (Å²) in [6.07, 6.45) is 2.64. The predicted octanol–water partition coefficient (Wildman–Crippen LogP) is -0.535. The second kappa shape index (κ2) is 3.64. The lowest BCUT2D eigenvalue weighted by Gasteiger charge is -2.11. The van der Waals surface area contributed by atoms with E-state index < -0.39 is 12.2 Å². The van der Waals surface area contributed by atoms with Gasteiger partial charge in [0.05, 0.1) is 18.5 Å². The molecular formula is C10H13N5O2. The highest BCUT2D eigenvalue weighted by Gasteiger charge is 2.33. The molecule has 0 radical (unpaired) electrons. The summed E-state index contributed by atoms with van der Waals surface area (Å²) in [4.78, 5) is 12.2. The maximum Gasteiger partial charge on any atom is 0.165 e. The van der Waals surface area contributed by atoms with Crippen LogP contribution in [0.4, 0.5) is 5.82 Å². The molecule has 0 amide bonds. The molecule has 0 bridgehead atoms. The number of rotatable bonds is 1. The molecular weight excluding hydrogens is 222 g/mol. The van der Waals surface area contributed by atoms with Gasteiger partial charge in [0, 0.05) is 6.04 Å². The van der Waals surface area contributed by atoms with E-state index in [-0.39, 0.29) is 6.04 Å². The standard InChI is InChI=1S/C10H13N5O2/c11-9-8-10(13-3-12-9)15(4-14-8)5-1-6(16)7(17)2-5/h3-7,16-17H,1-2H2,(H2,11,12,13)/t5?,6-,7+. The van der Waals surface area contributed by atoms with Gasteiger partial charge in [0.15, 0.2) is 11.5 Å². The third-order valence-electron chi connectivity index (χ3n) is 3.25. The first kappa shape index (κ1) is 10.4. The Labute approximate surface area is 96.9 Å². The molecule has 2 heterocycles. The highest BCUT2D eigenvalue weighted by molar-refractivity contribution is 5.81. The van der Waals surface area contributed by atoms with Gasteiger partial charge in [-0.3, -0.25) is 0 Å². The van der Waals surface area contributed by atoms with Gasteiger partial charge < -0.3 is 20.5 Å². The zero-order valence-electron chi connectivity index (χ0n) is 9.06. The molecule has 3 rings (SSSR count). The molecule has 0 saturated heterocycles. The third kappa shape index (κ3) is 1.55. The fraction of sp³-hybridized carbons (Fsp3) is 0.500. The van der Waals surface area contributed by atoms with Crippen LogP contribution in [0.1, 0.15) is 18.9 Å². The zero-order chi connectivity index (χ0) is 12.0. The number of aliphatic hydroxyl groups is 2. The normalized spacial score (nSPS) is 28.9. The minimum Gasteiger partial charge on any atom is -0.390 e. The highest BCUT2D eigenvalue weighted by Crippen LogP contribution is 2.32. The second-order valence-electron chi connectivity index (χ2n) is 4.34. The fourth-order valence-electron chi connectivity index (χ4n) is 2.33. The summed E-state index contributed by atoms with van der Waals surface area (Å²) < 4.78 is 1.84. The zero-order valence-corrected chi connectivity index (χ0v) is 9.06. The number of nitrogens with two attached hydrogens (primary N) is 1. The van der Waals surface area contributed by atoms with Crippen LogP contribution in [-0.4, -0.2) is 41.9 Å². The number of hydrogen-bond donors (Lipinski definition) is 3. The average molecular weight is 235 g/mol. The Morgan fingerprint density at radius 3 is 2.59 bits per heavy atom. The largest absolute Gasteiger partial charge is 0.390 e. The molecule has 2 aromatic heterocycles. The van der Waals surface area contributed by atoms with Crippen molar-refractivity contribution in [2.45, 2.75) is 31.1 Å². The van der Waals surface area contributed by atoms with Gasteiger partial charge in [-0.05, 0) is 12.8 Å². The van der Waals surface area contributed by atoms with Gasteiger partial charge in [0.25, 0.3) is 0 Å². The van der Waals surface area contributed by atoms with Crippen LogP contribution in [0, 0.1) is 0 Å². The summed E-state index contributed by atoms with van der Waals surface area (Å²) in [7, 11) is 0. The van der Waals surface area contributed by atoms with Crippen molar-refractivity contribution in [2.75, 3.05) is 5.73 Å². The van der Waals surface area contributed by atoms with E-state index in [2.05, 4.69) is 15.0 Å². The number of fused-ring (bicyclic) bond motifs is 1. The van der Waals surface area contributed by atoms with Crippen molar-refractivity contribution >= 4 is 17.0 Å². The first-order valence-electron chi connectivity index (χ1n) is 5.46. The van der Waals surface area contributed by atoms with E-state index in [1.165, 1.54) is 6.33 Å². The van der Waals surface area contributed by atoms with Crippen LogP contribution in [0.25, 0.3) is 11.2 Å². The van der Waals surface area contributed by atoms with Crippen LogP contribution in [0.15, 0.2) is 12.7 Å². The van der Waals surface area contributed by atoms with Crippen molar-refractivity contribution < 1.29 is 10.2 Å². The Hall–Kier alpha value is -1.73. The Balaban J connectivity index is 2.04. The summed E-state index contributed by atoms with van der Waals surface area (Å²) in [6, 6.07) is -0.000648. The predicted molar refractivity (Wildman–Crippen MR) is 60.0 cm³/mol. The van der Waals surface area contributed by atoms with Crippen molar-refractivity contribution in [1.82, 2.24) is 19.5 Å². The number of aliphatic hydroxyl groups excluding tert-OH is 2. The molecule has 2 aromatic rings. The number of nitrogen functional groups attached to an aromatic ring is 1. The molecule has 17 heavy (non-hydrogen) atoms. The molecule has 0 aromatic carbocycles. The molecule has 7 nitrogen and oxygen atoms in total. The lowest BCUT2D eigenvalue weighted by Crippen LogP contribution is -2.17. The quantitative estimate of drug-likeness (QED) is 0.612. The summed E-state index contributed by atoms with van der Waals surface area (Å²) in [6.45, 7) is 0. The van der Waals surface area contributed by atoms with Crippen molar-refractivity contribution in [1.29, 1.82) is 0 Å². The van der Waals surface area contributed by atoms with E-state index in [9.17, 15) is 10.2 Å². The first-order chi connectivity index (χ1) is 8.16. The summed E-state index contributed by atoms with van der Waals surface area (Å²) in [5.41, 5.74) is 6.90. The summed E-state index contributed by atoms with van der Waals surface area (Å²) in [5.74, 6) is 0.341. The Morgan fingerprint density at radius 2 is 1.88 bits per heavy atom. The number of aromatic nitrogens is 4. The molecule has 1 aliphatic carbocycles. The van der Waals surface area contributed by atoms with Gasteiger partial charge in [-0.1, -0.05) is 0 Å². The fourth-order valence-corrected chi connectivity index (χ4v) is 2.33. The van der Waals surface area contributed by atoms with Crippen molar-refractivity contribution in [2.24, 2.45) is 0 Å². The minimum atomic E-state index is -0.684. The van der Waals surface area contributed by atoms with Crippen LogP contribution in [-0.2, 0) is 0 Å².